The van der Waals surface area contributed by atoms with E-state index in [9.17, 15) is 4.79 Å². The van der Waals surface area contributed by atoms with Crippen LogP contribution in [0.4, 0.5) is 0 Å². The smallest absolute Gasteiger partial charge is 0.340 e. The van der Waals surface area contributed by atoms with Crippen LogP contribution in [0.3, 0.4) is 0 Å². The van der Waals surface area contributed by atoms with Crippen molar-refractivity contribution in [1.82, 2.24) is 15.0 Å². The summed E-state index contributed by atoms with van der Waals surface area (Å²) in [4.78, 5) is 26.2. The Morgan fingerprint density at radius 1 is 1.16 bits per heavy atom. The largest absolute Gasteiger partial charge is 0.481 e. The third kappa shape index (κ3) is 3.43. The lowest BCUT2D eigenvalue weighted by Crippen LogP contribution is -2.29. The van der Waals surface area contributed by atoms with E-state index in [2.05, 4.69) is 9.97 Å². The molecule has 0 bridgehead atoms. The zero-order valence-electron chi connectivity index (χ0n) is 18.0. The van der Waals surface area contributed by atoms with Gasteiger partial charge in [0.05, 0.1) is 23.8 Å². The van der Waals surface area contributed by atoms with Gasteiger partial charge in [-0.2, -0.15) is 0 Å². The van der Waals surface area contributed by atoms with Crippen LogP contribution in [-0.2, 0) is 16.7 Å². The minimum absolute atomic E-state index is 0.0316. The first kappa shape index (κ1) is 19.9. The van der Waals surface area contributed by atoms with Crippen molar-refractivity contribution in [3.63, 3.8) is 0 Å². The van der Waals surface area contributed by atoms with Gasteiger partial charge < -0.3 is 15.2 Å². The summed E-state index contributed by atoms with van der Waals surface area (Å²) in [6.45, 7) is 3.91. The lowest BCUT2D eigenvalue weighted by molar-refractivity contribution is 0.0222. The lowest BCUT2D eigenvalue weighted by atomic mass is 9.92. The summed E-state index contributed by atoms with van der Waals surface area (Å²) in [5.41, 5.74) is 10.0. The van der Waals surface area contributed by atoms with Gasteiger partial charge in [0.2, 0.25) is 5.88 Å². The summed E-state index contributed by atoms with van der Waals surface area (Å²) >= 11 is 0. The van der Waals surface area contributed by atoms with E-state index in [1.54, 1.807) is 19.5 Å². The molecule has 0 unspecified atom stereocenters. The maximum atomic E-state index is 12.3. The predicted octanol–water partition coefficient (Wildman–Crippen LogP) is 3.62. The molecule has 3 aromatic heterocycles. The molecular formula is C24H26N4O3. The molecule has 0 spiro atoms. The second kappa shape index (κ2) is 7.27. The van der Waals surface area contributed by atoms with E-state index in [4.69, 9.17) is 20.2 Å². The Hall–Kier alpha value is -3.06. The Morgan fingerprint density at radius 2 is 2.00 bits per heavy atom. The van der Waals surface area contributed by atoms with Crippen molar-refractivity contribution in [2.75, 3.05) is 7.11 Å². The van der Waals surface area contributed by atoms with Crippen molar-refractivity contribution in [3.8, 4) is 5.88 Å². The van der Waals surface area contributed by atoms with Crippen LogP contribution in [0.25, 0.3) is 10.8 Å². The van der Waals surface area contributed by atoms with E-state index in [-0.39, 0.29) is 18.0 Å². The van der Waals surface area contributed by atoms with Gasteiger partial charge in [-0.1, -0.05) is 0 Å². The first-order valence-corrected chi connectivity index (χ1v) is 10.7. The van der Waals surface area contributed by atoms with E-state index in [0.717, 1.165) is 52.7 Å². The second-order valence-corrected chi connectivity index (χ2v) is 9.02. The van der Waals surface area contributed by atoms with Gasteiger partial charge in [-0.25, -0.2) is 9.78 Å². The number of aromatic nitrogens is 3. The maximum absolute atomic E-state index is 12.3. The van der Waals surface area contributed by atoms with Gasteiger partial charge in [0.25, 0.3) is 0 Å². The van der Waals surface area contributed by atoms with E-state index in [1.807, 2.05) is 32.0 Å². The van der Waals surface area contributed by atoms with E-state index in [1.165, 1.54) is 0 Å². The Balaban J connectivity index is 1.54. The number of carbonyl (C=O) groups excluding carboxylic acids is 1. The molecule has 160 valence electrons. The van der Waals surface area contributed by atoms with Crippen LogP contribution in [0.5, 0.6) is 5.88 Å². The van der Waals surface area contributed by atoms with Crippen LogP contribution in [0.15, 0.2) is 30.6 Å². The van der Waals surface area contributed by atoms with Gasteiger partial charge in [-0.05, 0) is 62.3 Å². The summed E-state index contributed by atoms with van der Waals surface area (Å²) in [6, 6.07) is 5.77. The van der Waals surface area contributed by atoms with Crippen LogP contribution in [-0.4, -0.2) is 34.1 Å². The van der Waals surface area contributed by atoms with Crippen molar-refractivity contribution in [2.24, 2.45) is 5.73 Å². The fourth-order valence-corrected chi connectivity index (χ4v) is 4.76. The molecule has 0 aromatic carbocycles. The summed E-state index contributed by atoms with van der Waals surface area (Å²) in [5, 5.41) is 1.80. The highest BCUT2D eigenvalue weighted by atomic mass is 16.5. The molecule has 2 aliphatic rings. The molecule has 0 amide bonds. The normalized spacial score (nSPS) is 20.3. The van der Waals surface area contributed by atoms with Gasteiger partial charge in [0.15, 0.2) is 0 Å². The number of nitrogens with two attached hydrogens (primary N) is 1. The third-order valence-electron chi connectivity index (χ3n) is 6.31. The van der Waals surface area contributed by atoms with Crippen molar-refractivity contribution in [3.05, 3.63) is 58.8 Å². The Labute approximate surface area is 181 Å². The highest BCUT2D eigenvalue weighted by molar-refractivity contribution is 5.92. The molecule has 31 heavy (non-hydrogen) atoms. The number of methoxy groups -OCH3 is 1. The van der Waals surface area contributed by atoms with Gasteiger partial charge >= 0.3 is 5.97 Å². The summed E-state index contributed by atoms with van der Waals surface area (Å²) in [6.07, 6.45) is 7.08. The molecule has 7 nitrogen and oxygen atoms in total. The SMILES string of the molecule is COc1ncc(C(C)(C)N)c2cc(Cc3ccc4c(n3)[C@H]3CCC[C@H]3OC4=O)ncc12. The van der Waals surface area contributed by atoms with Crippen molar-refractivity contribution in [2.45, 2.75) is 57.1 Å². The average Bonchev–Trinajstić information content (AvgIpc) is 3.20. The van der Waals surface area contributed by atoms with Crippen LogP contribution in [0, 0.1) is 0 Å². The van der Waals surface area contributed by atoms with Crippen molar-refractivity contribution in [1.29, 1.82) is 0 Å². The number of hydrogen-bond donors (Lipinski definition) is 1. The quantitative estimate of drug-likeness (QED) is 0.646. The molecule has 7 heteroatoms. The Kier molecular flexibility index (Phi) is 4.66. The Morgan fingerprint density at radius 3 is 2.77 bits per heavy atom. The van der Waals surface area contributed by atoms with E-state index >= 15 is 0 Å². The van der Waals surface area contributed by atoms with Crippen LogP contribution < -0.4 is 10.5 Å². The lowest BCUT2D eigenvalue weighted by Gasteiger charge is -2.27. The van der Waals surface area contributed by atoms with Crippen LogP contribution in [0.1, 0.15) is 72.0 Å². The molecule has 5 rings (SSSR count). The number of hydrogen-bond acceptors (Lipinski definition) is 7. The number of fused-ring (bicyclic) bond motifs is 4. The van der Waals surface area contributed by atoms with Crippen molar-refractivity contribution >= 4 is 16.7 Å². The van der Waals surface area contributed by atoms with E-state index in [0.29, 0.717) is 17.9 Å². The molecular weight excluding hydrogens is 392 g/mol. The fraction of sp³-hybridized carbons (Fsp3) is 0.417. The number of pyridine rings is 3. The van der Waals surface area contributed by atoms with Gasteiger partial charge in [-0.3, -0.25) is 9.97 Å². The predicted molar refractivity (Wildman–Crippen MR) is 116 cm³/mol. The van der Waals surface area contributed by atoms with Crippen LogP contribution in [0.2, 0.25) is 0 Å². The van der Waals surface area contributed by atoms with Gasteiger partial charge in [-0.15, -0.1) is 0 Å². The zero-order chi connectivity index (χ0) is 21.8. The van der Waals surface area contributed by atoms with Gasteiger partial charge in [0.1, 0.15) is 6.10 Å². The number of esters is 1. The summed E-state index contributed by atoms with van der Waals surface area (Å²) in [5.74, 6) is 0.479. The van der Waals surface area contributed by atoms with Crippen LogP contribution >= 0.6 is 0 Å². The molecule has 0 radical (unpaired) electrons. The van der Waals surface area contributed by atoms with Crippen molar-refractivity contribution < 1.29 is 14.3 Å². The highest BCUT2D eigenvalue weighted by Crippen LogP contribution is 2.41. The number of rotatable bonds is 4. The molecule has 1 fully saturated rings. The first-order valence-electron chi connectivity index (χ1n) is 10.7. The minimum atomic E-state index is -0.557. The molecule has 1 aliphatic carbocycles. The maximum Gasteiger partial charge on any atom is 0.340 e. The number of nitrogens with zero attached hydrogens (tertiary/aromatic N) is 3. The molecule has 2 atom stereocenters. The number of ether oxygens (including phenoxy) is 2. The minimum Gasteiger partial charge on any atom is -0.481 e. The average molecular weight is 418 g/mol. The van der Waals surface area contributed by atoms with Gasteiger partial charge in [0, 0.05) is 41.7 Å². The highest BCUT2D eigenvalue weighted by Gasteiger charge is 2.40. The second-order valence-electron chi connectivity index (χ2n) is 9.02. The molecule has 4 heterocycles. The third-order valence-corrected chi connectivity index (χ3v) is 6.31. The summed E-state index contributed by atoms with van der Waals surface area (Å²) in [7, 11) is 1.60. The molecule has 2 N–H and O–H groups in total. The molecule has 1 saturated carbocycles. The Bertz CT molecular complexity index is 1190. The fourth-order valence-electron chi connectivity index (χ4n) is 4.76. The topological polar surface area (TPSA) is 100 Å². The standard InChI is InChI=1S/C24H26N4O3/c1-24(2,25)19-12-27-22(30-3)18-11-26-14(10-17(18)19)9-13-7-8-16-21(28-13)15-5-4-6-20(15)31-23(16)29/h7-8,10-12,15,20H,4-6,9,25H2,1-3H3/t15-,20+/m0/s1. The monoisotopic (exact) mass is 418 g/mol. The zero-order valence-corrected chi connectivity index (χ0v) is 18.0. The molecule has 3 aromatic rings. The first-order chi connectivity index (χ1) is 14.8. The number of carbonyl (C=O) groups is 1. The van der Waals surface area contributed by atoms with E-state index < -0.39 is 5.54 Å². The summed E-state index contributed by atoms with van der Waals surface area (Å²) < 4.78 is 11.0. The molecule has 1 aliphatic heterocycles. The molecule has 0 saturated heterocycles.